The molecule has 1 saturated heterocycles. The van der Waals surface area contributed by atoms with Crippen molar-refractivity contribution in [1.82, 2.24) is 15.0 Å². The Kier molecular flexibility index (Phi) is 2.48. The van der Waals surface area contributed by atoms with Crippen molar-refractivity contribution in [2.24, 2.45) is 11.7 Å². The van der Waals surface area contributed by atoms with Crippen molar-refractivity contribution < 1.29 is 4.52 Å². The second-order valence-electron chi connectivity index (χ2n) is 6.00. The Bertz CT molecular complexity index is 409. The summed E-state index contributed by atoms with van der Waals surface area (Å²) in [6.45, 7) is 5.75. The molecule has 1 aromatic heterocycles. The van der Waals surface area contributed by atoms with Crippen molar-refractivity contribution in [1.29, 1.82) is 0 Å². The molecule has 1 aromatic rings. The Morgan fingerprint density at radius 3 is 2.82 bits per heavy atom. The molecule has 2 fully saturated rings. The molecular formula is C12H20N4O. The van der Waals surface area contributed by atoms with Crippen LogP contribution in [0.3, 0.4) is 0 Å². The lowest BCUT2D eigenvalue weighted by atomic mass is 10.1. The summed E-state index contributed by atoms with van der Waals surface area (Å²) in [6, 6.07) is 0.737. The fourth-order valence-corrected chi connectivity index (χ4v) is 2.97. The quantitative estimate of drug-likeness (QED) is 0.855. The van der Waals surface area contributed by atoms with Gasteiger partial charge in [0, 0.05) is 12.6 Å². The standard InChI is InChI=1S/C12H20N4O/c1-12(2,13)11-14-10(17-15-11)7-16-6-8-3-4-9(16)5-8/h8-9H,3-7,13H2,1-2H3. The molecule has 94 valence electrons. The van der Waals surface area contributed by atoms with E-state index in [-0.39, 0.29) is 0 Å². The van der Waals surface area contributed by atoms with Crippen LogP contribution in [0.15, 0.2) is 4.52 Å². The molecule has 1 aliphatic carbocycles. The normalized spacial score (nSPS) is 29.1. The molecule has 0 radical (unpaired) electrons. The Morgan fingerprint density at radius 2 is 2.29 bits per heavy atom. The number of hydrogen-bond donors (Lipinski definition) is 1. The van der Waals surface area contributed by atoms with Crippen LogP contribution in [0.2, 0.25) is 0 Å². The van der Waals surface area contributed by atoms with E-state index in [1.54, 1.807) is 0 Å². The van der Waals surface area contributed by atoms with Crippen LogP contribution >= 0.6 is 0 Å². The highest BCUT2D eigenvalue weighted by Crippen LogP contribution is 2.37. The summed E-state index contributed by atoms with van der Waals surface area (Å²) in [5.74, 6) is 2.19. The molecule has 0 amide bonds. The number of likely N-dealkylation sites (tertiary alicyclic amines) is 1. The van der Waals surface area contributed by atoms with Crippen molar-refractivity contribution in [2.45, 2.75) is 51.2 Å². The van der Waals surface area contributed by atoms with Crippen molar-refractivity contribution in [3.8, 4) is 0 Å². The minimum absolute atomic E-state index is 0.522. The van der Waals surface area contributed by atoms with Gasteiger partial charge < -0.3 is 10.3 Å². The molecule has 0 aromatic carbocycles. The number of fused-ring (bicyclic) bond motifs is 2. The van der Waals surface area contributed by atoms with Crippen LogP contribution in [-0.4, -0.2) is 27.6 Å². The third-order valence-corrected chi connectivity index (χ3v) is 3.91. The molecule has 1 aliphatic heterocycles. The van der Waals surface area contributed by atoms with Gasteiger partial charge in [-0.3, -0.25) is 4.90 Å². The van der Waals surface area contributed by atoms with Crippen LogP contribution in [0.25, 0.3) is 0 Å². The summed E-state index contributed by atoms with van der Waals surface area (Å²) in [7, 11) is 0. The minimum atomic E-state index is -0.522. The maximum Gasteiger partial charge on any atom is 0.240 e. The molecule has 0 spiro atoms. The molecule has 2 unspecified atom stereocenters. The Morgan fingerprint density at radius 1 is 1.47 bits per heavy atom. The van der Waals surface area contributed by atoms with Gasteiger partial charge in [0.05, 0.1) is 12.1 Å². The van der Waals surface area contributed by atoms with Gasteiger partial charge in [-0.2, -0.15) is 4.98 Å². The summed E-state index contributed by atoms with van der Waals surface area (Å²) in [5, 5.41) is 3.95. The lowest BCUT2D eigenvalue weighted by Crippen LogP contribution is -2.32. The third-order valence-electron chi connectivity index (χ3n) is 3.91. The van der Waals surface area contributed by atoms with E-state index < -0.39 is 5.54 Å². The van der Waals surface area contributed by atoms with Crippen LogP contribution in [0.5, 0.6) is 0 Å². The van der Waals surface area contributed by atoms with Crippen molar-refractivity contribution >= 4 is 0 Å². The molecule has 2 N–H and O–H groups in total. The Balaban J connectivity index is 1.68. The van der Waals surface area contributed by atoms with Crippen molar-refractivity contribution in [3.63, 3.8) is 0 Å². The molecule has 2 bridgehead atoms. The zero-order valence-corrected chi connectivity index (χ0v) is 10.5. The number of piperidine rings is 1. The van der Waals surface area contributed by atoms with Gasteiger partial charge in [0.25, 0.3) is 0 Å². The Hall–Kier alpha value is -0.940. The number of nitrogens with zero attached hydrogens (tertiary/aromatic N) is 3. The molecule has 3 rings (SSSR count). The van der Waals surface area contributed by atoms with Gasteiger partial charge in [-0.05, 0) is 39.0 Å². The highest BCUT2D eigenvalue weighted by atomic mass is 16.5. The smallest absolute Gasteiger partial charge is 0.240 e. The van der Waals surface area contributed by atoms with Crippen molar-refractivity contribution in [2.75, 3.05) is 6.54 Å². The van der Waals surface area contributed by atoms with Crippen LogP contribution in [0, 0.1) is 5.92 Å². The van der Waals surface area contributed by atoms with E-state index >= 15 is 0 Å². The minimum Gasteiger partial charge on any atom is -0.338 e. The van der Waals surface area contributed by atoms with Gasteiger partial charge in [-0.25, -0.2) is 0 Å². The van der Waals surface area contributed by atoms with Gasteiger partial charge in [-0.15, -0.1) is 0 Å². The average molecular weight is 236 g/mol. The number of nitrogens with two attached hydrogens (primary N) is 1. The Labute approximate surface area is 101 Å². The molecule has 2 aliphatic rings. The number of aromatic nitrogens is 2. The van der Waals surface area contributed by atoms with E-state index in [0.717, 1.165) is 18.5 Å². The summed E-state index contributed by atoms with van der Waals surface area (Å²) >= 11 is 0. The summed E-state index contributed by atoms with van der Waals surface area (Å²) in [4.78, 5) is 6.85. The predicted molar refractivity (Wildman–Crippen MR) is 63.1 cm³/mol. The van der Waals surface area contributed by atoms with Gasteiger partial charge in [0.2, 0.25) is 5.89 Å². The zero-order valence-electron chi connectivity index (χ0n) is 10.5. The average Bonchev–Trinajstić information content (AvgIpc) is 2.89. The maximum atomic E-state index is 5.94. The first-order valence-corrected chi connectivity index (χ1v) is 6.38. The highest BCUT2D eigenvalue weighted by Gasteiger charge is 2.38. The molecular weight excluding hydrogens is 216 g/mol. The monoisotopic (exact) mass is 236 g/mol. The molecule has 5 heteroatoms. The molecule has 5 nitrogen and oxygen atoms in total. The van der Waals surface area contributed by atoms with E-state index in [9.17, 15) is 0 Å². The summed E-state index contributed by atoms with van der Waals surface area (Å²) in [6.07, 6.45) is 4.07. The second kappa shape index (κ2) is 3.78. The summed E-state index contributed by atoms with van der Waals surface area (Å²) in [5.41, 5.74) is 5.42. The molecule has 2 heterocycles. The van der Waals surface area contributed by atoms with E-state index in [1.165, 1.54) is 25.8 Å². The van der Waals surface area contributed by atoms with Crippen LogP contribution < -0.4 is 5.73 Å². The fraction of sp³-hybridized carbons (Fsp3) is 0.833. The SMILES string of the molecule is CC(C)(N)c1noc(CN2CC3CCC2C3)n1. The van der Waals surface area contributed by atoms with Crippen LogP contribution in [0.1, 0.15) is 44.8 Å². The van der Waals surface area contributed by atoms with Crippen LogP contribution in [0.4, 0.5) is 0 Å². The highest BCUT2D eigenvalue weighted by molar-refractivity contribution is 5.00. The van der Waals surface area contributed by atoms with E-state index in [4.69, 9.17) is 10.3 Å². The summed E-state index contributed by atoms with van der Waals surface area (Å²) < 4.78 is 5.28. The number of rotatable bonds is 3. The zero-order chi connectivity index (χ0) is 12.0. The first-order chi connectivity index (χ1) is 8.02. The van der Waals surface area contributed by atoms with Gasteiger partial charge in [0.1, 0.15) is 0 Å². The van der Waals surface area contributed by atoms with E-state index in [1.807, 2.05) is 13.8 Å². The topological polar surface area (TPSA) is 68.2 Å². The van der Waals surface area contributed by atoms with E-state index in [0.29, 0.717) is 11.7 Å². The predicted octanol–water partition coefficient (Wildman–Crippen LogP) is 1.25. The number of hydrogen-bond acceptors (Lipinski definition) is 5. The van der Waals surface area contributed by atoms with Gasteiger partial charge >= 0.3 is 0 Å². The van der Waals surface area contributed by atoms with Gasteiger partial charge in [0.15, 0.2) is 5.82 Å². The first kappa shape index (κ1) is 11.2. The maximum absolute atomic E-state index is 5.94. The molecule has 1 saturated carbocycles. The third kappa shape index (κ3) is 2.09. The fourth-order valence-electron chi connectivity index (χ4n) is 2.97. The molecule has 2 atom stereocenters. The van der Waals surface area contributed by atoms with Gasteiger partial charge in [-0.1, -0.05) is 5.16 Å². The van der Waals surface area contributed by atoms with E-state index in [2.05, 4.69) is 15.0 Å². The molecule has 17 heavy (non-hydrogen) atoms. The first-order valence-electron chi connectivity index (χ1n) is 6.38. The van der Waals surface area contributed by atoms with Crippen LogP contribution in [-0.2, 0) is 12.1 Å². The lowest BCUT2D eigenvalue weighted by Gasteiger charge is -2.24. The van der Waals surface area contributed by atoms with Crippen molar-refractivity contribution in [3.05, 3.63) is 11.7 Å². The second-order valence-corrected chi connectivity index (χ2v) is 6.00. The largest absolute Gasteiger partial charge is 0.338 e. The lowest BCUT2D eigenvalue weighted by molar-refractivity contribution is 0.179.